The first kappa shape index (κ1) is 25.2. The Morgan fingerprint density at radius 1 is 1.11 bits per heavy atom. The maximum Gasteiger partial charge on any atom is 0.295 e. The molecule has 0 saturated carbocycles. The molecular formula is C26H29N3O7. The van der Waals surface area contributed by atoms with Crippen molar-refractivity contribution in [1.82, 2.24) is 9.80 Å². The van der Waals surface area contributed by atoms with Crippen LogP contribution < -0.4 is 9.47 Å². The Morgan fingerprint density at radius 3 is 2.53 bits per heavy atom. The minimum Gasteiger partial charge on any atom is -0.507 e. The van der Waals surface area contributed by atoms with Crippen LogP contribution in [0.3, 0.4) is 0 Å². The zero-order valence-electron chi connectivity index (χ0n) is 20.3. The highest BCUT2D eigenvalue weighted by Gasteiger charge is 2.46. The summed E-state index contributed by atoms with van der Waals surface area (Å²) in [5.41, 5.74) is 0.390. The molecule has 2 aromatic rings. The number of ether oxygens (including phenoxy) is 2. The monoisotopic (exact) mass is 495 g/mol. The molecule has 1 atom stereocenters. The molecule has 2 aromatic carbocycles. The molecule has 0 bridgehead atoms. The summed E-state index contributed by atoms with van der Waals surface area (Å²) in [7, 11) is 0. The summed E-state index contributed by atoms with van der Waals surface area (Å²) in [5.74, 6) is -1.00. The van der Waals surface area contributed by atoms with E-state index in [0.29, 0.717) is 36.7 Å². The zero-order chi connectivity index (χ0) is 25.8. The molecule has 1 saturated heterocycles. The van der Waals surface area contributed by atoms with E-state index in [9.17, 15) is 24.8 Å². The molecule has 0 aliphatic carbocycles. The van der Waals surface area contributed by atoms with Gasteiger partial charge in [0.25, 0.3) is 17.4 Å². The van der Waals surface area contributed by atoms with E-state index in [-0.39, 0.29) is 29.1 Å². The smallest absolute Gasteiger partial charge is 0.295 e. The van der Waals surface area contributed by atoms with Gasteiger partial charge in [-0.05, 0) is 49.8 Å². The number of carbonyl (C=O) groups excluding carboxylic acids is 2. The number of aliphatic hydroxyl groups is 1. The van der Waals surface area contributed by atoms with Crippen molar-refractivity contribution in [3.63, 3.8) is 0 Å². The first-order valence-corrected chi connectivity index (χ1v) is 12.0. The first-order chi connectivity index (χ1) is 17.3. The number of Topliss-reactive ketones (excluding diaryl/α,β-unsaturated/α-hetero) is 1. The molecule has 0 aromatic heterocycles. The van der Waals surface area contributed by atoms with Gasteiger partial charge in [-0.3, -0.25) is 19.7 Å². The molecule has 1 unspecified atom stereocenters. The molecule has 2 aliphatic heterocycles. The molecule has 0 spiro atoms. The van der Waals surface area contributed by atoms with Crippen molar-refractivity contribution < 1.29 is 29.1 Å². The number of rotatable bonds is 9. The molecular weight excluding hydrogens is 466 g/mol. The minimum absolute atomic E-state index is 0.111. The standard InChI is InChI=1S/C26H29N3O7/c1-3-27(4-2)11-6-12-28-23(17-7-5-8-19(15-17)29(33)34)22(25(31)26(28)32)24(30)18-9-10-20-21(16-18)36-14-13-35-20/h5,7-10,15-16,23,30H,3-4,6,11-14H2,1-2H3. The average molecular weight is 496 g/mol. The molecule has 2 aliphatic rings. The molecule has 0 radical (unpaired) electrons. The van der Waals surface area contributed by atoms with Gasteiger partial charge >= 0.3 is 0 Å². The highest BCUT2D eigenvalue weighted by Crippen LogP contribution is 2.41. The fourth-order valence-corrected chi connectivity index (χ4v) is 4.62. The Bertz CT molecular complexity index is 1210. The lowest BCUT2D eigenvalue weighted by atomic mass is 9.94. The lowest BCUT2D eigenvalue weighted by molar-refractivity contribution is -0.384. The molecule has 4 rings (SSSR count). The summed E-state index contributed by atoms with van der Waals surface area (Å²) in [4.78, 5) is 40.9. The van der Waals surface area contributed by atoms with Crippen molar-refractivity contribution in [2.75, 3.05) is 39.4 Å². The third kappa shape index (κ3) is 4.90. The summed E-state index contributed by atoms with van der Waals surface area (Å²) in [5, 5.41) is 22.7. The largest absolute Gasteiger partial charge is 0.507 e. The number of ketones is 1. The number of nitrogens with zero attached hydrogens (tertiary/aromatic N) is 3. The first-order valence-electron chi connectivity index (χ1n) is 12.0. The van der Waals surface area contributed by atoms with Crippen molar-refractivity contribution in [3.05, 3.63) is 69.3 Å². The SMILES string of the molecule is CCN(CC)CCCN1C(=O)C(=O)C(=C(O)c2ccc3c(c2)OCCO3)C1c1cccc([N+](=O)[O-])c1. The molecule has 1 fully saturated rings. The number of benzene rings is 2. The second-order valence-corrected chi connectivity index (χ2v) is 8.58. The summed E-state index contributed by atoms with van der Waals surface area (Å²) in [6.07, 6.45) is 0.601. The molecule has 10 heteroatoms. The summed E-state index contributed by atoms with van der Waals surface area (Å²) >= 11 is 0. The summed E-state index contributed by atoms with van der Waals surface area (Å²) in [6, 6.07) is 9.62. The van der Waals surface area contributed by atoms with Crippen LogP contribution in [0.2, 0.25) is 0 Å². The molecule has 10 nitrogen and oxygen atoms in total. The van der Waals surface area contributed by atoms with Gasteiger partial charge in [-0.25, -0.2) is 0 Å². The van der Waals surface area contributed by atoms with Crippen LogP contribution in [0, 0.1) is 10.1 Å². The van der Waals surface area contributed by atoms with E-state index in [1.54, 1.807) is 24.3 Å². The van der Waals surface area contributed by atoms with Gasteiger partial charge in [0.1, 0.15) is 19.0 Å². The molecule has 36 heavy (non-hydrogen) atoms. The van der Waals surface area contributed by atoms with E-state index in [2.05, 4.69) is 4.90 Å². The lowest BCUT2D eigenvalue weighted by Gasteiger charge is -2.26. The predicted octanol–water partition coefficient (Wildman–Crippen LogP) is 3.52. The van der Waals surface area contributed by atoms with Gasteiger partial charge in [0, 0.05) is 24.2 Å². The zero-order valence-corrected chi connectivity index (χ0v) is 20.3. The maximum absolute atomic E-state index is 13.2. The number of non-ortho nitro benzene ring substituents is 1. The number of aliphatic hydroxyl groups excluding tert-OH is 1. The second-order valence-electron chi connectivity index (χ2n) is 8.58. The Kier molecular flexibility index (Phi) is 7.54. The number of likely N-dealkylation sites (tertiary alicyclic amines) is 1. The molecule has 2 heterocycles. The number of hydrogen-bond donors (Lipinski definition) is 1. The average Bonchev–Trinajstić information content (AvgIpc) is 3.15. The molecule has 1 amide bonds. The van der Waals surface area contributed by atoms with Crippen LogP contribution in [-0.2, 0) is 9.59 Å². The highest BCUT2D eigenvalue weighted by atomic mass is 16.6. The normalized spacial score (nSPS) is 18.6. The minimum atomic E-state index is -0.963. The summed E-state index contributed by atoms with van der Waals surface area (Å²) < 4.78 is 11.1. The van der Waals surface area contributed by atoms with E-state index < -0.39 is 22.7 Å². The lowest BCUT2D eigenvalue weighted by Crippen LogP contribution is -2.33. The van der Waals surface area contributed by atoms with Crippen molar-refractivity contribution >= 4 is 23.1 Å². The van der Waals surface area contributed by atoms with Crippen molar-refractivity contribution in [2.24, 2.45) is 0 Å². The fraction of sp³-hybridized carbons (Fsp3) is 0.385. The molecule has 1 N–H and O–H groups in total. The number of nitro groups is 1. The van der Waals surface area contributed by atoms with Crippen LogP contribution in [0.1, 0.15) is 37.4 Å². The van der Waals surface area contributed by atoms with Crippen LogP contribution >= 0.6 is 0 Å². The maximum atomic E-state index is 13.2. The second kappa shape index (κ2) is 10.8. The Labute approximate surface area is 208 Å². The summed E-state index contributed by atoms with van der Waals surface area (Å²) in [6.45, 7) is 7.54. The third-order valence-electron chi connectivity index (χ3n) is 6.52. The van der Waals surface area contributed by atoms with Crippen LogP contribution in [0.15, 0.2) is 48.0 Å². The van der Waals surface area contributed by atoms with E-state index in [4.69, 9.17) is 9.47 Å². The van der Waals surface area contributed by atoms with Gasteiger partial charge in [-0.2, -0.15) is 0 Å². The van der Waals surface area contributed by atoms with E-state index in [0.717, 1.165) is 19.6 Å². The number of fused-ring (bicyclic) bond motifs is 1. The Morgan fingerprint density at radius 2 is 1.83 bits per heavy atom. The quantitative estimate of drug-likeness (QED) is 0.184. The third-order valence-corrected chi connectivity index (χ3v) is 6.52. The van der Waals surface area contributed by atoms with Gasteiger partial charge < -0.3 is 24.4 Å². The van der Waals surface area contributed by atoms with Crippen LogP contribution in [0.4, 0.5) is 5.69 Å². The van der Waals surface area contributed by atoms with Crippen molar-refractivity contribution in [3.8, 4) is 11.5 Å². The van der Waals surface area contributed by atoms with Gasteiger partial charge in [-0.1, -0.05) is 26.0 Å². The van der Waals surface area contributed by atoms with Crippen LogP contribution in [-0.4, -0.2) is 70.9 Å². The van der Waals surface area contributed by atoms with Crippen molar-refractivity contribution in [2.45, 2.75) is 26.3 Å². The van der Waals surface area contributed by atoms with Crippen LogP contribution in [0.25, 0.3) is 5.76 Å². The van der Waals surface area contributed by atoms with E-state index in [1.807, 2.05) is 13.8 Å². The number of nitro benzene ring substituents is 1. The van der Waals surface area contributed by atoms with Crippen LogP contribution in [0.5, 0.6) is 11.5 Å². The van der Waals surface area contributed by atoms with E-state index >= 15 is 0 Å². The Hall–Kier alpha value is -3.92. The number of hydrogen-bond acceptors (Lipinski definition) is 8. The predicted molar refractivity (Wildman–Crippen MR) is 132 cm³/mol. The van der Waals surface area contributed by atoms with Gasteiger partial charge in [0.05, 0.1) is 16.5 Å². The topological polar surface area (TPSA) is 122 Å². The van der Waals surface area contributed by atoms with E-state index in [1.165, 1.54) is 23.1 Å². The van der Waals surface area contributed by atoms with Gasteiger partial charge in [0.15, 0.2) is 11.5 Å². The number of amides is 1. The Balaban J connectivity index is 1.77. The van der Waals surface area contributed by atoms with Gasteiger partial charge in [-0.15, -0.1) is 0 Å². The fourth-order valence-electron chi connectivity index (χ4n) is 4.62. The van der Waals surface area contributed by atoms with Crippen molar-refractivity contribution in [1.29, 1.82) is 0 Å². The number of carbonyl (C=O) groups is 2. The highest BCUT2D eigenvalue weighted by molar-refractivity contribution is 6.46. The molecule has 190 valence electrons. The van der Waals surface area contributed by atoms with Gasteiger partial charge in [0.2, 0.25) is 0 Å².